The van der Waals surface area contributed by atoms with Gasteiger partial charge in [0, 0.05) is 13.1 Å². The summed E-state index contributed by atoms with van der Waals surface area (Å²) in [5.41, 5.74) is 0.236. The van der Waals surface area contributed by atoms with Crippen LogP contribution in [0, 0.1) is 0 Å². The minimum Gasteiger partial charge on any atom is -0.394 e. The number of rotatable bonds is 14. The Kier molecular flexibility index (Phi) is 11.0. The van der Waals surface area contributed by atoms with Crippen molar-refractivity contribution in [3.8, 4) is 0 Å². The molecule has 0 saturated heterocycles. The number of benzene rings is 2. The molecule has 2 rings (SSSR count). The third-order valence-corrected chi connectivity index (χ3v) is 9.22. The minimum atomic E-state index is -4.18. The van der Waals surface area contributed by atoms with Gasteiger partial charge in [0.05, 0.1) is 36.7 Å². The second kappa shape index (κ2) is 12.9. The Morgan fingerprint density at radius 1 is 0.639 bits per heavy atom. The summed E-state index contributed by atoms with van der Waals surface area (Å²) < 4.78 is 22.9. The predicted molar refractivity (Wildman–Crippen MR) is 137 cm³/mol. The summed E-state index contributed by atoms with van der Waals surface area (Å²) >= 11 is 0. The molecule has 0 saturated carbocycles. The summed E-state index contributed by atoms with van der Waals surface area (Å²) in [5, 5.41) is 30.1. The standard InChI is InChI=1S/C24H37NO9P2/c1-18(35(29,30)31)11-20-3-7-22(8-4-20)13-25(24(15-26,16-27)17-28)14-23-9-5-21(6-10-23)12-19(2)36(32,33)34/h3-10,18-19,26-28H,11-17H2,1-2H3,(H2,29,30,31)(H2,32,33,34). The van der Waals surface area contributed by atoms with Gasteiger partial charge >= 0.3 is 15.2 Å². The normalized spacial score (nSPS) is 14.7. The summed E-state index contributed by atoms with van der Waals surface area (Å²) in [4.78, 5) is 39.1. The predicted octanol–water partition coefficient (Wildman–Crippen LogP) is 1.62. The van der Waals surface area contributed by atoms with Crippen LogP contribution in [-0.2, 0) is 35.1 Å². The van der Waals surface area contributed by atoms with Gasteiger partial charge in [0.2, 0.25) is 0 Å². The Labute approximate surface area is 211 Å². The van der Waals surface area contributed by atoms with Crippen molar-refractivity contribution >= 4 is 15.2 Å². The molecule has 2 atom stereocenters. The summed E-state index contributed by atoms with van der Waals surface area (Å²) in [6, 6.07) is 14.3. The maximum Gasteiger partial charge on any atom is 0.328 e. The van der Waals surface area contributed by atoms with Crippen LogP contribution in [0.3, 0.4) is 0 Å². The van der Waals surface area contributed by atoms with Gasteiger partial charge in [-0.1, -0.05) is 62.4 Å². The molecule has 0 aliphatic carbocycles. The average Bonchev–Trinajstić information content (AvgIpc) is 2.81. The minimum absolute atomic E-state index is 0.217. The van der Waals surface area contributed by atoms with E-state index in [9.17, 15) is 44.0 Å². The maximum atomic E-state index is 11.4. The molecular formula is C24H37NO9P2. The number of hydrogen-bond acceptors (Lipinski definition) is 6. The summed E-state index contributed by atoms with van der Waals surface area (Å²) in [6.07, 6.45) is 0.435. The molecule has 0 amide bonds. The second-order valence-corrected chi connectivity index (χ2v) is 13.6. The molecule has 0 aromatic heterocycles. The van der Waals surface area contributed by atoms with E-state index in [1.807, 2.05) is 0 Å². The molecule has 10 nitrogen and oxygen atoms in total. The molecule has 2 aromatic rings. The highest BCUT2D eigenvalue weighted by Gasteiger charge is 2.35. The molecule has 2 aromatic carbocycles. The molecule has 7 N–H and O–H groups in total. The zero-order valence-corrected chi connectivity index (χ0v) is 22.3. The molecule has 0 aliphatic heterocycles. The molecular weight excluding hydrogens is 508 g/mol. The quantitative estimate of drug-likeness (QED) is 0.173. The Balaban J connectivity index is 2.22. The van der Waals surface area contributed by atoms with E-state index in [0.29, 0.717) is 0 Å². The zero-order chi connectivity index (χ0) is 27.1. The Morgan fingerprint density at radius 2 is 0.917 bits per heavy atom. The summed E-state index contributed by atoms with van der Waals surface area (Å²) in [7, 11) is -8.36. The molecule has 0 bridgehead atoms. The van der Waals surface area contributed by atoms with Crippen LogP contribution in [0.25, 0.3) is 0 Å². The third-order valence-electron chi connectivity index (χ3n) is 6.56. The summed E-state index contributed by atoms with van der Waals surface area (Å²) in [6.45, 7) is 2.06. The molecule has 0 fully saturated rings. The highest BCUT2D eigenvalue weighted by molar-refractivity contribution is 7.52. The highest BCUT2D eigenvalue weighted by Crippen LogP contribution is 2.43. The largest absolute Gasteiger partial charge is 0.394 e. The average molecular weight is 546 g/mol. The van der Waals surface area contributed by atoms with Crippen molar-refractivity contribution in [1.29, 1.82) is 0 Å². The van der Waals surface area contributed by atoms with Gasteiger partial charge in [-0.3, -0.25) is 14.0 Å². The molecule has 0 spiro atoms. The first kappa shape index (κ1) is 30.8. The van der Waals surface area contributed by atoms with Gasteiger partial charge in [0.15, 0.2) is 0 Å². The summed E-state index contributed by atoms with van der Waals surface area (Å²) in [5.74, 6) is 0. The van der Waals surface area contributed by atoms with Crippen LogP contribution < -0.4 is 0 Å². The molecule has 12 heteroatoms. The lowest BCUT2D eigenvalue weighted by atomic mass is 9.97. The van der Waals surface area contributed by atoms with E-state index in [1.165, 1.54) is 13.8 Å². The molecule has 0 heterocycles. The van der Waals surface area contributed by atoms with Crippen LogP contribution in [0.15, 0.2) is 48.5 Å². The van der Waals surface area contributed by atoms with E-state index in [1.54, 1.807) is 53.4 Å². The van der Waals surface area contributed by atoms with Crippen LogP contribution in [0.2, 0.25) is 0 Å². The Bertz CT molecular complexity index is 962. The van der Waals surface area contributed by atoms with E-state index >= 15 is 0 Å². The van der Waals surface area contributed by atoms with Gasteiger partial charge in [-0.05, 0) is 35.1 Å². The van der Waals surface area contributed by atoms with Crippen LogP contribution in [0.5, 0.6) is 0 Å². The third kappa shape index (κ3) is 8.57. The number of aliphatic hydroxyl groups is 3. The van der Waals surface area contributed by atoms with Crippen molar-refractivity contribution in [2.24, 2.45) is 0 Å². The first-order valence-electron chi connectivity index (χ1n) is 11.6. The van der Waals surface area contributed by atoms with E-state index in [2.05, 4.69) is 0 Å². The van der Waals surface area contributed by atoms with Gasteiger partial charge in [-0.25, -0.2) is 0 Å². The molecule has 0 aliphatic rings. The van der Waals surface area contributed by atoms with Crippen molar-refractivity contribution < 1.29 is 44.0 Å². The van der Waals surface area contributed by atoms with Crippen molar-refractivity contribution in [2.45, 2.75) is 56.6 Å². The van der Waals surface area contributed by atoms with Gasteiger partial charge in [0.25, 0.3) is 0 Å². The van der Waals surface area contributed by atoms with E-state index in [4.69, 9.17) is 0 Å². The maximum absolute atomic E-state index is 11.4. The topological polar surface area (TPSA) is 179 Å². The van der Waals surface area contributed by atoms with Gasteiger partial charge in [-0.2, -0.15) is 0 Å². The lowest BCUT2D eigenvalue weighted by molar-refractivity contribution is -0.0568. The highest BCUT2D eigenvalue weighted by atomic mass is 31.2. The van der Waals surface area contributed by atoms with E-state index < -0.39 is 51.9 Å². The van der Waals surface area contributed by atoms with Crippen LogP contribution in [0.4, 0.5) is 0 Å². The van der Waals surface area contributed by atoms with Crippen molar-refractivity contribution in [2.75, 3.05) is 19.8 Å². The fraction of sp³-hybridized carbons (Fsp3) is 0.500. The molecule has 36 heavy (non-hydrogen) atoms. The van der Waals surface area contributed by atoms with E-state index in [0.717, 1.165) is 22.3 Å². The molecule has 202 valence electrons. The van der Waals surface area contributed by atoms with Crippen LogP contribution in [-0.4, -0.2) is 76.5 Å². The molecule has 2 unspecified atom stereocenters. The van der Waals surface area contributed by atoms with Crippen LogP contribution >= 0.6 is 15.2 Å². The lowest BCUT2D eigenvalue weighted by Crippen LogP contribution is -2.56. The molecule has 0 radical (unpaired) electrons. The first-order chi connectivity index (χ1) is 16.7. The fourth-order valence-electron chi connectivity index (χ4n) is 3.76. The first-order valence-corrected chi connectivity index (χ1v) is 14.9. The van der Waals surface area contributed by atoms with Gasteiger partial charge < -0.3 is 34.9 Å². The fourth-order valence-corrected chi connectivity index (χ4v) is 4.66. The van der Waals surface area contributed by atoms with Crippen molar-refractivity contribution in [1.82, 2.24) is 4.90 Å². The Morgan fingerprint density at radius 3 is 1.17 bits per heavy atom. The van der Waals surface area contributed by atoms with E-state index in [-0.39, 0.29) is 25.9 Å². The SMILES string of the molecule is CC(Cc1ccc(CN(Cc2ccc(CC(C)P(=O)(O)O)cc2)C(CO)(CO)CO)cc1)P(=O)(O)O. The van der Waals surface area contributed by atoms with Gasteiger partial charge in [0.1, 0.15) is 0 Å². The number of aliphatic hydroxyl groups excluding tert-OH is 3. The van der Waals surface area contributed by atoms with Crippen LogP contribution in [0.1, 0.15) is 36.1 Å². The van der Waals surface area contributed by atoms with Crippen molar-refractivity contribution in [3.05, 3.63) is 70.8 Å². The van der Waals surface area contributed by atoms with Crippen molar-refractivity contribution in [3.63, 3.8) is 0 Å². The smallest absolute Gasteiger partial charge is 0.328 e. The lowest BCUT2D eigenvalue weighted by Gasteiger charge is -2.40. The zero-order valence-electron chi connectivity index (χ0n) is 20.5. The second-order valence-electron chi connectivity index (χ2n) is 9.47. The number of nitrogens with zero attached hydrogens (tertiary/aromatic N) is 1. The number of hydrogen-bond donors (Lipinski definition) is 7. The monoisotopic (exact) mass is 545 g/mol. The Hall–Kier alpha value is -1.42. The van der Waals surface area contributed by atoms with Gasteiger partial charge in [-0.15, -0.1) is 0 Å².